The van der Waals surface area contributed by atoms with Crippen molar-refractivity contribution in [2.45, 2.75) is 12.3 Å². The SMILES string of the molecule is c1cnc(N2CCN(c3cc([C@@H]4CCOC4)ncn3)CC2)nc1. The van der Waals surface area contributed by atoms with Gasteiger partial charge in [0.05, 0.1) is 12.3 Å². The number of hydrogen-bond donors (Lipinski definition) is 0. The van der Waals surface area contributed by atoms with E-state index in [9.17, 15) is 0 Å². The molecule has 0 radical (unpaired) electrons. The van der Waals surface area contributed by atoms with Crippen molar-refractivity contribution in [3.8, 4) is 0 Å². The van der Waals surface area contributed by atoms with Crippen LogP contribution in [0.3, 0.4) is 0 Å². The average Bonchev–Trinajstić information content (AvgIpc) is 3.18. The van der Waals surface area contributed by atoms with Crippen LogP contribution in [-0.4, -0.2) is 59.3 Å². The van der Waals surface area contributed by atoms with Crippen LogP contribution < -0.4 is 9.80 Å². The zero-order chi connectivity index (χ0) is 15.5. The topological polar surface area (TPSA) is 67.3 Å². The van der Waals surface area contributed by atoms with Crippen molar-refractivity contribution in [3.63, 3.8) is 0 Å². The van der Waals surface area contributed by atoms with Gasteiger partial charge in [-0.3, -0.25) is 0 Å². The summed E-state index contributed by atoms with van der Waals surface area (Å²) in [6, 6.07) is 3.96. The first kappa shape index (κ1) is 14.3. The number of hydrogen-bond acceptors (Lipinski definition) is 7. The summed E-state index contributed by atoms with van der Waals surface area (Å²) < 4.78 is 5.47. The molecule has 0 amide bonds. The lowest BCUT2D eigenvalue weighted by Gasteiger charge is -2.35. The summed E-state index contributed by atoms with van der Waals surface area (Å²) in [5, 5.41) is 0. The van der Waals surface area contributed by atoms with Gasteiger partial charge in [0, 0.05) is 57.2 Å². The monoisotopic (exact) mass is 312 g/mol. The van der Waals surface area contributed by atoms with Crippen LogP contribution in [0.1, 0.15) is 18.0 Å². The number of piperazine rings is 1. The Morgan fingerprint density at radius 1 is 0.957 bits per heavy atom. The van der Waals surface area contributed by atoms with Gasteiger partial charge in [-0.05, 0) is 12.5 Å². The molecule has 2 aliphatic heterocycles. The maximum atomic E-state index is 5.47. The van der Waals surface area contributed by atoms with E-state index in [1.807, 2.05) is 6.07 Å². The van der Waals surface area contributed by atoms with Crippen LogP contribution in [-0.2, 0) is 4.74 Å². The number of rotatable bonds is 3. The Kier molecular flexibility index (Phi) is 4.02. The zero-order valence-electron chi connectivity index (χ0n) is 13.0. The van der Waals surface area contributed by atoms with Gasteiger partial charge in [0.2, 0.25) is 5.95 Å². The van der Waals surface area contributed by atoms with E-state index in [-0.39, 0.29) is 0 Å². The highest BCUT2D eigenvalue weighted by molar-refractivity contribution is 5.43. The molecule has 2 fully saturated rings. The Hall–Kier alpha value is -2.28. The second-order valence-electron chi connectivity index (χ2n) is 5.88. The van der Waals surface area contributed by atoms with Crippen molar-refractivity contribution in [1.29, 1.82) is 0 Å². The van der Waals surface area contributed by atoms with E-state index < -0.39 is 0 Å². The van der Waals surface area contributed by atoms with Crippen LogP contribution in [0.4, 0.5) is 11.8 Å². The molecule has 0 N–H and O–H groups in total. The molecule has 0 spiro atoms. The van der Waals surface area contributed by atoms with Gasteiger partial charge in [-0.25, -0.2) is 19.9 Å². The van der Waals surface area contributed by atoms with Gasteiger partial charge in [-0.15, -0.1) is 0 Å². The van der Waals surface area contributed by atoms with Gasteiger partial charge >= 0.3 is 0 Å². The molecule has 7 nitrogen and oxygen atoms in total. The van der Waals surface area contributed by atoms with E-state index in [1.165, 1.54) is 0 Å². The summed E-state index contributed by atoms with van der Waals surface area (Å²) >= 11 is 0. The van der Waals surface area contributed by atoms with Gasteiger partial charge in [-0.1, -0.05) is 0 Å². The van der Waals surface area contributed by atoms with E-state index in [0.717, 1.165) is 63.3 Å². The fourth-order valence-electron chi connectivity index (χ4n) is 3.12. The molecule has 7 heteroatoms. The Morgan fingerprint density at radius 2 is 1.74 bits per heavy atom. The Labute approximate surface area is 135 Å². The fourth-order valence-corrected chi connectivity index (χ4v) is 3.12. The molecule has 120 valence electrons. The zero-order valence-corrected chi connectivity index (χ0v) is 13.0. The summed E-state index contributed by atoms with van der Waals surface area (Å²) in [6.45, 7) is 5.23. The van der Waals surface area contributed by atoms with Crippen LogP contribution in [0.5, 0.6) is 0 Å². The second kappa shape index (κ2) is 6.45. The highest BCUT2D eigenvalue weighted by atomic mass is 16.5. The van der Waals surface area contributed by atoms with Gasteiger partial charge in [0.1, 0.15) is 12.1 Å². The van der Waals surface area contributed by atoms with Crippen LogP contribution >= 0.6 is 0 Å². The van der Waals surface area contributed by atoms with Crippen molar-refractivity contribution < 1.29 is 4.74 Å². The van der Waals surface area contributed by atoms with Gasteiger partial charge in [0.25, 0.3) is 0 Å². The quantitative estimate of drug-likeness (QED) is 0.840. The summed E-state index contributed by atoms with van der Waals surface area (Å²) in [4.78, 5) is 22.1. The number of aromatic nitrogens is 4. The average molecular weight is 312 g/mol. The Morgan fingerprint density at radius 3 is 2.48 bits per heavy atom. The van der Waals surface area contributed by atoms with E-state index >= 15 is 0 Å². The molecule has 2 aliphatic rings. The van der Waals surface area contributed by atoms with Crippen LogP contribution in [0.25, 0.3) is 0 Å². The number of ether oxygens (including phenoxy) is 1. The predicted molar refractivity (Wildman–Crippen MR) is 86.7 cm³/mol. The standard InChI is InChI=1S/C16H20N6O/c1-3-17-16(18-4-1)22-7-5-21(6-8-22)15-10-14(19-12-20-15)13-2-9-23-11-13/h1,3-4,10,12-13H,2,5-9,11H2/t13-/m1/s1. The second-order valence-corrected chi connectivity index (χ2v) is 5.88. The lowest BCUT2D eigenvalue weighted by atomic mass is 10.0. The predicted octanol–water partition coefficient (Wildman–Crippen LogP) is 1.10. The van der Waals surface area contributed by atoms with E-state index in [4.69, 9.17) is 4.74 Å². The first-order chi connectivity index (χ1) is 11.4. The molecule has 2 saturated heterocycles. The minimum atomic E-state index is 0.413. The lowest BCUT2D eigenvalue weighted by Crippen LogP contribution is -2.47. The number of nitrogens with zero attached hydrogens (tertiary/aromatic N) is 6. The molecule has 0 bridgehead atoms. The largest absolute Gasteiger partial charge is 0.381 e. The van der Waals surface area contributed by atoms with Gasteiger partial charge in [-0.2, -0.15) is 0 Å². The fraction of sp³-hybridized carbons (Fsp3) is 0.500. The Balaban J connectivity index is 1.43. The summed E-state index contributed by atoms with van der Waals surface area (Å²) in [5.41, 5.74) is 1.10. The number of anilines is 2. The third kappa shape index (κ3) is 3.10. The summed E-state index contributed by atoms with van der Waals surface area (Å²) in [6.07, 6.45) is 6.30. The molecular formula is C16H20N6O. The molecule has 0 saturated carbocycles. The van der Waals surface area contributed by atoms with Gasteiger partial charge in [0.15, 0.2) is 0 Å². The highest BCUT2D eigenvalue weighted by Gasteiger charge is 2.23. The van der Waals surface area contributed by atoms with Gasteiger partial charge < -0.3 is 14.5 Å². The third-order valence-corrected chi connectivity index (χ3v) is 4.46. The van der Waals surface area contributed by atoms with Crippen molar-refractivity contribution in [2.75, 3.05) is 49.2 Å². The normalized spacial score (nSPS) is 21.7. The first-order valence-corrected chi connectivity index (χ1v) is 8.07. The molecule has 2 aromatic heterocycles. The molecule has 2 aromatic rings. The first-order valence-electron chi connectivity index (χ1n) is 8.07. The summed E-state index contributed by atoms with van der Waals surface area (Å²) in [7, 11) is 0. The third-order valence-electron chi connectivity index (χ3n) is 4.46. The van der Waals surface area contributed by atoms with Crippen molar-refractivity contribution in [2.24, 2.45) is 0 Å². The molecule has 0 unspecified atom stereocenters. The highest BCUT2D eigenvalue weighted by Crippen LogP contribution is 2.25. The lowest BCUT2D eigenvalue weighted by molar-refractivity contribution is 0.193. The minimum absolute atomic E-state index is 0.413. The van der Waals surface area contributed by atoms with E-state index in [1.54, 1.807) is 18.7 Å². The van der Waals surface area contributed by atoms with Crippen molar-refractivity contribution in [1.82, 2.24) is 19.9 Å². The molecule has 1 atom stereocenters. The molecular weight excluding hydrogens is 292 g/mol. The van der Waals surface area contributed by atoms with Crippen LogP contribution in [0.15, 0.2) is 30.9 Å². The molecule has 4 rings (SSSR count). The smallest absolute Gasteiger partial charge is 0.225 e. The van der Waals surface area contributed by atoms with E-state index in [2.05, 4.69) is 35.8 Å². The van der Waals surface area contributed by atoms with Crippen molar-refractivity contribution in [3.05, 3.63) is 36.5 Å². The minimum Gasteiger partial charge on any atom is -0.381 e. The maximum Gasteiger partial charge on any atom is 0.225 e. The van der Waals surface area contributed by atoms with Crippen LogP contribution in [0.2, 0.25) is 0 Å². The molecule has 0 aromatic carbocycles. The van der Waals surface area contributed by atoms with E-state index in [0.29, 0.717) is 5.92 Å². The molecule has 23 heavy (non-hydrogen) atoms. The van der Waals surface area contributed by atoms with Crippen molar-refractivity contribution >= 4 is 11.8 Å². The van der Waals surface area contributed by atoms with Crippen LogP contribution in [0, 0.1) is 0 Å². The Bertz CT molecular complexity index is 638. The maximum absolute atomic E-state index is 5.47. The molecule has 0 aliphatic carbocycles. The summed E-state index contributed by atoms with van der Waals surface area (Å²) in [5.74, 6) is 2.23. The molecule has 4 heterocycles.